The van der Waals surface area contributed by atoms with Crippen LogP contribution >= 0.6 is 0 Å². The van der Waals surface area contributed by atoms with Crippen LogP contribution in [0.5, 0.6) is 0 Å². The molecule has 0 aromatic carbocycles. The van der Waals surface area contributed by atoms with E-state index in [0.717, 1.165) is 24.4 Å². The Hall–Kier alpha value is -1.16. The number of hydrogen-bond acceptors (Lipinski definition) is 4. The first-order valence-corrected chi connectivity index (χ1v) is 5.80. The zero-order valence-corrected chi connectivity index (χ0v) is 10.6. The normalized spacial score (nSPS) is 13.6. The van der Waals surface area contributed by atoms with E-state index < -0.39 is 0 Å². The van der Waals surface area contributed by atoms with Crippen molar-refractivity contribution in [1.82, 2.24) is 9.97 Å². The third-order valence-electron chi connectivity index (χ3n) is 2.82. The monoisotopic (exact) mass is 222 g/mol. The van der Waals surface area contributed by atoms with Crippen molar-refractivity contribution in [2.45, 2.75) is 52.1 Å². The molecular formula is C12H22N4. The summed E-state index contributed by atoms with van der Waals surface area (Å²) in [6.07, 6.45) is 3.67. The maximum Gasteiger partial charge on any atom is 0.130 e. The van der Waals surface area contributed by atoms with Crippen LogP contribution in [0.15, 0.2) is 12.4 Å². The third kappa shape index (κ3) is 3.45. The number of nitrogens with two attached hydrogens (primary N) is 1. The number of hydrogen-bond donors (Lipinski definition) is 2. The summed E-state index contributed by atoms with van der Waals surface area (Å²) < 4.78 is 0. The van der Waals surface area contributed by atoms with Gasteiger partial charge in [-0.2, -0.15) is 0 Å². The van der Waals surface area contributed by atoms with E-state index in [1.807, 2.05) is 13.0 Å². The lowest BCUT2D eigenvalue weighted by Gasteiger charge is -2.30. The summed E-state index contributed by atoms with van der Waals surface area (Å²) in [6.45, 7) is 8.26. The summed E-state index contributed by atoms with van der Waals surface area (Å²) in [7, 11) is 0. The molecule has 0 fully saturated rings. The van der Waals surface area contributed by atoms with Crippen molar-refractivity contribution >= 4 is 5.82 Å². The Bertz CT molecular complexity index is 334. The summed E-state index contributed by atoms with van der Waals surface area (Å²) in [5.74, 6) is 0.848. The van der Waals surface area contributed by atoms with Crippen LogP contribution in [0.4, 0.5) is 5.82 Å². The second-order valence-corrected chi connectivity index (χ2v) is 4.78. The summed E-state index contributed by atoms with van der Waals surface area (Å²) in [4.78, 5) is 8.43. The Balaban J connectivity index is 2.77. The van der Waals surface area contributed by atoms with Crippen molar-refractivity contribution in [3.05, 3.63) is 18.1 Å². The minimum Gasteiger partial charge on any atom is -0.364 e. The SMILES string of the molecule is CCCc1cc(NC(C)(C)C(C)N)ncn1. The maximum atomic E-state index is 5.91. The molecule has 1 rings (SSSR count). The van der Waals surface area contributed by atoms with Crippen LogP contribution in [0.2, 0.25) is 0 Å². The fraction of sp³-hybridized carbons (Fsp3) is 0.667. The van der Waals surface area contributed by atoms with Crippen LogP contribution in [-0.2, 0) is 6.42 Å². The molecule has 4 nitrogen and oxygen atoms in total. The predicted molar refractivity (Wildman–Crippen MR) is 67.4 cm³/mol. The van der Waals surface area contributed by atoms with Crippen LogP contribution in [0.3, 0.4) is 0 Å². The van der Waals surface area contributed by atoms with E-state index >= 15 is 0 Å². The Morgan fingerprint density at radius 2 is 2.12 bits per heavy atom. The first kappa shape index (κ1) is 12.9. The molecule has 1 heterocycles. The lowest BCUT2D eigenvalue weighted by atomic mass is 9.97. The van der Waals surface area contributed by atoms with Crippen molar-refractivity contribution in [3.63, 3.8) is 0 Å². The first-order valence-electron chi connectivity index (χ1n) is 5.80. The highest BCUT2D eigenvalue weighted by Crippen LogP contribution is 2.15. The van der Waals surface area contributed by atoms with Gasteiger partial charge >= 0.3 is 0 Å². The van der Waals surface area contributed by atoms with Gasteiger partial charge in [0.05, 0.1) is 0 Å². The van der Waals surface area contributed by atoms with Crippen molar-refractivity contribution in [2.24, 2.45) is 5.73 Å². The van der Waals surface area contributed by atoms with Gasteiger partial charge in [-0.3, -0.25) is 0 Å². The van der Waals surface area contributed by atoms with Gasteiger partial charge in [0.25, 0.3) is 0 Å². The van der Waals surface area contributed by atoms with Crippen molar-refractivity contribution in [1.29, 1.82) is 0 Å². The van der Waals surface area contributed by atoms with Gasteiger partial charge in [-0.05, 0) is 27.2 Å². The summed E-state index contributed by atoms with van der Waals surface area (Å²) >= 11 is 0. The number of rotatable bonds is 5. The summed E-state index contributed by atoms with van der Waals surface area (Å²) in [6, 6.07) is 2.05. The van der Waals surface area contributed by atoms with E-state index in [9.17, 15) is 0 Å². The molecule has 0 amide bonds. The van der Waals surface area contributed by atoms with Crippen LogP contribution in [0, 0.1) is 0 Å². The zero-order chi connectivity index (χ0) is 12.2. The molecule has 0 spiro atoms. The smallest absolute Gasteiger partial charge is 0.130 e. The van der Waals surface area contributed by atoms with E-state index in [2.05, 4.69) is 36.1 Å². The molecule has 0 aliphatic rings. The van der Waals surface area contributed by atoms with Gasteiger partial charge in [-0.25, -0.2) is 9.97 Å². The van der Waals surface area contributed by atoms with Gasteiger partial charge in [-0.1, -0.05) is 13.3 Å². The first-order chi connectivity index (χ1) is 7.45. The quantitative estimate of drug-likeness (QED) is 0.799. The molecule has 1 unspecified atom stereocenters. The molecule has 1 atom stereocenters. The summed E-state index contributed by atoms with van der Waals surface area (Å²) in [5.41, 5.74) is 6.81. The molecule has 90 valence electrons. The second kappa shape index (κ2) is 5.25. The highest BCUT2D eigenvalue weighted by atomic mass is 15.1. The van der Waals surface area contributed by atoms with E-state index in [0.29, 0.717) is 0 Å². The molecule has 0 bridgehead atoms. The van der Waals surface area contributed by atoms with Gasteiger partial charge in [0, 0.05) is 23.3 Å². The maximum absolute atomic E-state index is 5.91. The highest BCUT2D eigenvalue weighted by molar-refractivity contribution is 5.38. The molecule has 3 N–H and O–H groups in total. The van der Waals surface area contributed by atoms with Crippen molar-refractivity contribution in [3.8, 4) is 0 Å². The molecule has 0 saturated carbocycles. The zero-order valence-electron chi connectivity index (χ0n) is 10.6. The van der Waals surface area contributed by atoms with E-state index in [1.54, 1.807) is 6.33 Å². The van der Waals surface area contributed by atoms with Crippen LogP contribution < -0.4 is 11.1 Å². The second-order valence-electron chi connectivity index (χ2n) is 4.78. The van der Waals surface area contributed by atoms with Gasteiger partial charge < -0.3 is 11.1 Å². The van der Waals surface area contributed by atoms with Crippen molar-refractivity contribution in [2.75, 3.05) is 5.32 Å². The van der Waals surface area contributed by atoms with E-state index in [-0.39, 0.29) is 11.6 Å². The lowest BCUT2D eigenvalue weighted by molar-refractivity contribution is 0.469. The number of aryl methyl sites for hydroxylation is 1. The Kier molecular flexibility index (Phi) is 4.24. The Labute approximate surface area is 97.7 Å². The van der Waals surface area contributed by atoms with Gasteiger partial charge in [0.15, 0.2) is 0 Å². The minimum absolute atomic E-state index is 0.0529. The molecule has 0 saturated heterocycles. The molecule has 1 aromatic heterocycles. The molecular weight excluding hydrogens is 200 g/mol. The molecule has 0 radical (unpaired) electrons. The van der Waals surface area contributed by atoms with Crippen LogP contribution in [0.1, 0.15) is 39.8 Å². The Morgan fingerprint density at radius 3 is 2.69 bits per heavy atom. The largest absolute Gasteiger partial charge is 0.364 e. The lowest BCUT2D eigenvalue weighted by Crippen LogP contribution is -2.47. The van der Waals surface area contributed by atoms with E-state index in [4.69, 9.17) is 5.73 Å². The molecule has 0 aliphatic heterocycles. The minimum atomic E-state index is -0.169. The average molecular weight is 222 g/mol. The summed E-state index contributed by atoms with van der Waals surface area (Å²) in [5, 5.41) is 3.34. The van der Waals surface area contributed by atoms with Crippen LogP contribution in [0.25, 0.3) is 0 Å². The molecule has 16 heavy (non-hydrogen) atoms. The van der Waals surface area contributed by atoms with Gasteiger partial charge in [0.1, 0.15) is 12.1 Å². The van der Waals surface area contributed by atoms with Gasteiger partial charge in [0.2, 0.25) is 0 Å². The number of aromatic nitrogens is 2. The highest BCUT2D eigenvalue weighted by Gasteiger charge is 2.22. The fourth-order valence-electron chi connectivity index (χ4n) is 1.30. The number of anilines is 1. The van der Waals surface area contributed by atoms with Gasteiger partial charge in [-0.15, -0.1) is 0 Å². The molecule has 0 aliphatic carbocycles. The third-order valence-corrected chi connectivity index (χ3v) is 2.82. The van der Waals surface area contributed by atoms with Crippen LogP contribution in [-0.4, -0.2) is 21.5 Å². The fourth-order valence-corrected chi connectivity index (χ4v) is 1.30. The average Bonchev–Trinajstić information content (AvgIpc) is 2.17. The van der Waals surface area contributed by atoms with Crippen molar-refractivity contribution < 1.29 is 0 Å². The number of nitrogens with one attached hydrogen (secondary N) is 1. The number of nitrogens with zero attached hydrogens (tertiary/aromatic N) is 2. The topological polar surface area (TPSA) is 63.8 Å². The predicted octanol–water partition coefficient (Wildman–Crippen LogP) is 1.97. The molecule has 4 heteroatoms. The Morgan fingerprint density at radius 1 is 1.44 bits per heavy atom. The standard InChI is InChI=1S/C12H22N4/c1-5-6-10-7-11(15-8-14-10)16-12(3,4)9(2)13/h7-9H,5-6,13H2,1-4H3,(H,14,15,16). The molecule has 1 aromatic rings. The van der Waals surface area contributed by atoms with E-state index in [1.165, 1.54) is 0 Å².